The van der Waals surface area contributed by atoms with Crippen LogP contribution in [0.25, 0.3) is 34.2 Å². The molecule has 4 rings (SSSR count). The summed E-state index contributed by atoms with van der Waals surface area (Å²) in [5.41, 5.74) is 5.76. The van der Waals surface area contributed by atoms with Gasteiger partial charge in [-0.05, 0) is 45.0 Å². The first-order valence-electron chi connectivity index (χ1n) is 9.72. The molecule has 1 heterocycles. The van der Waals surface area contributed by atoms with Crippen LogP contribution in [0.3, 0.4) is 0 Å². The van der Waals surface area contributed by atoms with Crippen molar-refractivity contribution in [3.05, 3.63) is 77.4 Å². The molecule has 0 radical (unpaired) electrons. The molecule has 4 aromatic rings. The minimum atomic E-state index is 0.0572. The lowest BCUT2D eigenvalue weighted by atomic mass is 10.1. The predicted octanol–water partition coefficient (Wildman–Crippen LogP) is 5.51. The van der Waals surface area contributed by atoms with Gasteiger partial charge in [-0.2, -0.15) is 0 Å². The van der Waals surface area contributed by atoms with Crippen LogP contribution in [-0.4, -0.2) is 27.2 Å². The molecule has 0 aliphatic heterocycles. The van der Waals surface area contributed by atoms with Crippen LogP contribution in [0.5, 0.6) is 11.5 Å². The van der Waals surface area contributed by atoms with Gasteiger partial charge in [-0.1, -0.05) is 47.0 Å². The van der Waals surface area contributed by atoms with Gasteiger partial charge in [0.15, 0.2) is 17.5 Å². The van der Waals surface area contributed by atoms with Crippen LogP contribution in [0.15, 0.2) is 60.7 Å². The lowest BCUT2D eigenvalue weighted by molar-refractivity contribution is 0.408. The topological polar surface area (TPSA) is 68.1 Å². The summed E-state index contributed by atoms with van der Waals surface area (Å²) in [6.45, 7) is 6.14. The first kappa shape index (κ1) is 19.6. The normalized spacial score (nSPS) is 10.8. The summed E-state index contributed by atoms with van der Waals surface area (Å²) in [6.07, 6.45) is 0. The van der Waals surface area contributed by atoms with Crippen LogP contribution < -0.4 is 4.74 Å². The molecule has 1 aromatic heterocycles. The van der Waals surface area contributed by atoms with Crippen molar-refractivity contribution in [3.8, 4) is 45.7 Å². The number of hydrogen-bond donors (Lipinski definition) is 1. The van der Waals surface area contributed by atoms with E-state index in [9.17, 15) is 5.11 Å². The van der Waals surface area contributed by atoms with Crippen molar-refractivity contribution < 1.29 is 9.84 Å². The molecule has 0 amide bonds. The number of ether oxygens (including phenoxy) is 1. The second-order valence-electron chi connectivity index (χ2n) is 7.43. The highest BCUT2D eigenvalue weighted by Crippen LogP contribution is 2.32. The average molecular weight is 397 g/mol. The number of rotatable bonds is 4. The van der Waals surface area contributed by atoms with E-state index in [1.54, 1.807) is 25.3 Å². The third kappa shape index (κ3) is 4.01. The molecule has 0 unspecified atom stereocenters. The van der Waals surface area contributed by atoms with Crippen molar-refractivity contribution in [1.82, 2.24) is 15.0 Å². The van der Waals surface area contributed by atoms with Gasteiger partial charge < -0.3 is 9.84 Å². The highest BCUT2D eigenvalue weighted by atomic mass is 16.5. The minimum Gasteiger partial charge on any atom is -0.507 e. The molecule has 0 fully saturated rings. The van der Waals surface area contributed by atoms with Crippen LogP contribution in [0.4, 0.5) is 0 Å². The van der Waals surface area contributed by atoms with Gasteiger partial charge in [0.2, 0.25) is 0 Å². The fourth-order valence-corrected chi connectivity index (χ4v) is 3.39. The van der Waals surface area contributed by atoms with E-state index >= 15 is 0 Å². The van der Waals surface area contributed by atoms with Gasteiger partial charge in [0.05, 0.1) is 12.7 Å². The number of phenolic OH excluding ortho intramolecular Hbond substituents is 1. The predicted molar refractivity (Wildman–Crippen MR) is 119 cm³/mol. The highest BCUT2D eigenvalue weighted by Gasteiger charge is 2.15. The Morgan fingerprint density at radius 3 is 1.83 bits per heavy atom. The Labute approximate surface area is 176 Å². The van der Waals surface area contributed by atoms with E-state index in [2.05, 4.69) is 37.0 Å². The fourth-order valence-electron chi connectivity index (χ4n) is 3.39. The standard InChI is InChI=1S/C25H23N3O2/c1-15-5-7-18(8-6-15)23-26-24(19-12-16(2)11-17(3)13-19)28-25(27-23)21-10-9-20(30-4)14-22(21)29/h5-14,29H,1-4H3. The summed E-state index contributed by atoms with van der Waals surface area (Å²) in [4.78, 5) is 14.1. The second kappa shape index (κ2) is 7.95. The number of phenols is 1. The Bertz CT molecular complexity index is 1200. The highest BCUT2D eigenvalue weighted by molar-refractivity contribution is 5.70. The second-order valence-corrected chi connectivity index (χ2v) is 7.43. The zero-order valence-electron chi connectivity index (χ0n) is 17.5. The molecule has 0 aliphatic rings. The molecule has 150 valence electrons. The van der Waals surface area contributed by atoms with Gasteiger partial charge >= 0.3 is 0 Å². The number of methoxy groups -OCH3 is 1. The van der Waals surface area contributed by atoms with E-state index in [1.807, 2.05) is 31.2 Å². The number of aromatic nitrogens is 3. The molecule has 0 saturated carbocycles. The number of nitrogens with zero attached hydrogens (tertiary/aromatic N) is 3. The van der Waals surface area contributed by atoms with Crippen molar-refractivity contribution in [2.45, 2.75) is 20.8 Å². The van der Waals surface area contributed by atoms with Crippen LogP contribution >= 0.6 is 0 Å². The summed E-state index contributed by atoms with van der Waals surface area (Å²) in [5.74, 6) is 2.16. The number of hydrogen-bond acceptors (Lipinski definition) is 5. The third-order valence-electron chi connectivity index (χ3n) is 4.87. The van der Waals surface area contributed by atoms with E-state index in [-0.39, 0.29) is 5.75 Å². The summed E-state index contributed by atoms with van der Waals surface area (Å²) in [6, 6.07) is 19.4. The zero-order chi connectivity index (χ0) is 21.3. The van der Waals surface area contributed by atoms with Gasteiger partial charge in [-0.15, -0.1) is 0 Å². The molecular formula is C25H23N3O2. The lowest BCUT2D eigenvalue weighted by Crippen LogP contribution is -2.01. The van der Waals surface area contributed by atoms with Crippen molar-refractivity contribution in [3.63, 3.8) is 0 Å². The van der Waals surface area contributed by atoms with E-state index in [4.69, 9.17) is 14.7 Å². The Hall–Kier alpha value is -3.73. The minimum absolute atomic E-state index is 0.0572. The van der Waals surface area contributed by atoms with Gasteiger partial charge in [0.1, 0.15) is 11.5 Å². The molecule has 0 aliphatic carbocycles. The number of benzene rings is 3. The van der Waals surface area contributed by atoms with Gasteiger partial charge in [-0.25, -0.2) is 15.0 Å². The van der Waals surface area contributed by atoms with Crippen molar-refractivity contribution in [2.75, 3.05) is 7.11 Å². The van der Waals surface area contributed by atoms with Crippen molar-refractivity contribution >= 4 is 0 Å². The molecule has 30 heavy (non-hydrogen) atoms. The molecular weight excluding hydrogens is 374 g/mol. The summed E-state index contributed by atoms with van der Waals surface area (Å²) in [7, 11) is 1.56. The molecule has 0 bridgehead atoms. The van der Waals surface area contributed by atoms with Crippen LogP contribution in [0.2, 0.25) is 0 Å². The summed E-state index contributed by atoms with van der Waals surface area (Å²) >= 11 is 0. The van der Waals surface area contributed by atoms with Gasteiger partial charge in [0, 0.05) is 17.2 Å². The van der Waals surface area contributed by atoms with Crippen LogP contribution in [0.1, 0.15) is 16.7 Å². The van der Waals surface area contributed by atoms with Crippen LogP contribution in [-0.2, 0) is 0 Å². The van der Waals surface area contributed by atoms with Crippen molar-refractivity contribution in [2.24, 2.45) is 0 Å². The third-order valence-corrected chi connectivity index (χ3v) is 4.87. The molecule has 0 spiro atoms. The first-order chi connectivity index (χ1) is 14.4. The quantitative estimate of drug-likeness (QED) is 0.492. The number of aryl methyl sites for hydroxylation is 3. The number of aromatic hydroxyl groups is 1. The molecule has 0 atom stereocenters. The van der Waals surface area contributed by atoms with Gasteiger partial charge in [0.25, 0.3) is 0 Å². The zero-order valence-corrected chi connectivity index (χ0v) is 17.5. The SMILES string of the molecule is COc1ccc(-c2nc(-c3ccc(C)cc3)nc(-c3cc(C)cc(C)c3)n2)c(O)c1. The maximum Gasteiger partial charge on any atom is 0.167 e. The molecule has 0 saturated heterocycles. The smallest absolute Gasteiger partial charge is 0.167 e. The van der Waals surface area contributed by atoms with Crippen LogP contribution in [0, 0.1) is 20.8 Å². The maximum absolute atomic E-state index is 10.5. The summed E-state index contributed by atoms with van der Waals surface area (Å²) in [5, 5.41) is 10.5. The maximum atomic E-state index is 10.5. The largest absolute Gasteiger partial charge is 0.507 e. The Balaban J connectivity index is 1.93. The Morgan fingerprint density at radius 2 is 1.23 bits per heavy atom. The average Bonchev–Trinajstić information content (AvgIpc) is 2.73. The molecule has 1 N–H and O–H groups in total. The van der Waals surface area contributed by atoms with E-state index in [0.29, 0.717) is 28.8 Å². The van der Waals surface area contributed by atoms with Gasteiger partial charge in [-0.3, -0.25) is 0 Å². The lowest BCUT2D eigenvalue weighted by Gasteiger charge is -2.11. The van der Waals surface area contributed by atoms with E-state index in [0.717, 1.165) is 27.8 Å². The monoisotopic (exact) mass is 397 g/mol. The molecule has 5 nitrogen and oxygen atoms in total. The van der Waals surface area contributed by atoms with E-state index < -0.39 is 0 Å². The first-order valence-corrected chi connectivity index (χ1v) is 9.72. The van der Waals surface area contributed by atoms with E-state index in [1.165, 1.54) is 0 Å². The Kier molecular flexibility index (Phi) is 5.19. The molecule has 5 heteroatoms. The van der Waals surface area contributed by atoms with Crippen molar-refractivity contribution in [1.29, 1.82) is 0 Å². The Morgan fingerprint density at radius 1 is 0.633 bits per heavy atom. The fraction of sp³-hybridized carbons (Fsp3) is 0.160. The summed E-state index contributed by atoms with van der Waals surface area (Å²) < 4.78 is 5.20. The molecule has 3 aromatic carbocycles.